The Morgan fingerprint density at radius 1 is 1.04 bits per heavy atom. The number of nitrogens with one attached hydrogen (secondary N) is 1. The summed E-state index contributed by atoms with van der Waals surface area (Å²) in [6.45, 7) is 14.0. The molecule has 0 aliphatic rings. The molecule has 0 aromatic heterocycles. The van der Waals surface area contributed by atoms with Gasteiger partial charge in [-0.15, -0.1) is 0 Å². The van der Waals surface area contributed by atoms with Crippen LogP contribution in [0.15, 0.2) is 12.2 Å². The van der Waals surface area contributed by atoms with Crippen molar-refractivity contribution in [2.24, 2.45) is 11.7 Å². The molecule has 0 saturated heterocycles. The van der Waals surface area contributed by atoms with E-state index < -0.39 is 0 Å². The van der Waals surface area contributed by atoms with Gasteiger partial charge in [0.05, 0.1) is 0 Å². The quantitative estimate of drug-likeness (QED) is 0.332. The van der Waals surface area contributed by atoms with Crippen LogP contribution < -0.4 is 11.1 Å². The second kappa shape index (κ2) is 12.5. The third-order valence-corrected chi connectivity index (χ3v) is 4.95. The van der Waals surface area contributed by atoms with E-state index in [-0.39, 0.29) is 17.5 Å². The van der Waals surface area contributed by atoms with E-state index in [0.29, 0.717) is 11.5 Å². The van der Waals surface area contributed by atoms with Crippen molar-refractivity contribution in [3.8, 4) is 0 Å². The molecule has 0 aliphatic heterocycles. The Morgan fingerprint density at radius 2 is 1.54 bits per heavy atom. The maximum atomic E-state index is 12.0. The summed E-state index contributed by atoms with van der Waals surface area (Å²) in [5.41, 5.74) is 6.71. The predicted octanol–water partition coefficient (Wildman–Crippen LogP) is 5.34. The van der Waals surface area contributed by atoms with Crippen molar-refractivity contribution in [1.29, 1.82) is 0 Å². The first kappa shape index (κ1) is 23.2. The molecular formula is C21H42N2O. The standard InChI is InChI=1S/C21H42N2O/c1-7-9-10-11-12-13-14-15-16-18(21(5,6)22)19(8-2)23-20(24)17(3)4/h18-19H,3,7-16,22H2,1-2,4-6H3,(H,23,24). The molecule has 0 aromatic carbocycles. The van der Waals surface area contributed by atoms with Crippen LogP contribution in [0.1, 0.15) is 98.8 Å². The van der Waals surface area contributed by atoms with Crippen molar-refractivity contribution in [1.82, 2.24) is 5.32 Å². The SMILES string of the molecule is C=C(C)C(=O)NC(CC)C(CCCCCCCCCC)C(C)(C)N. The Hall–Kier alpha value is -0.830. The van der Waals surface area contributed by atoms with Crippen molar-refractivity contribution in [2.45, 2.75) is 110 Å². The normalized spacial score (nSPS) is 14.2. The van der Waals surface area contributed by atoms with Gasteiger partial charge in [0.2, 0.25) is 5.91 Å². The van der Waals surface area contributed by atoms with E-state index in [1.54, 1.807) is 6.92 Å². The van der Waals surface area contributed by atoms with E-state index in [1.165, 1.54) is 51.4 Å². The Balaban J connectivity index is 4.36. The maximum absolute atomic E-state index is 12.0. The summed E-state index contributed by atoms with van der Waals surface area (Å²) in [7, 11) is 0. The Labute approximate surface area is 150 Å². The van der Waals surface area contributed by atoms with Crippen LogP contribution in [-0.2, 0) is 4.79 Å². The third kappa shape index (κ3) is 10.1. The molecular weight excluding hydrogens is 296 g/mol. The van der Waals surface area contributed by atoms with E-state index in [9.17, 15) is 4.79 Å². The molecule has 2 atom stereocenters. The van der Waals surface area contributed by atoms with Gasteiger partial charge < -0.3 is 11.1 Å². The minimum Gasteiger partial charge on any atom is -0.349 e. The molecule has 142 valence electrons. The molecule has 0 radical (unpaired) electrons. The van der Waals surface area contributed by atoms with Gasteiger partial charge in [-0.05, 0) is 39.5 Å². The molecule has 0 fully saturated rings. The number of carbonyl (C=O) groups excluding carboxylic acids is 1. The van der Waals surface area contributed by atoms with E-state index in [1.807, 2.05) is 0 Å². The van der Waals surface area contributed by atoms with Crippen LogP contribution in [0.25, 0.3) is 0 Å². The molecule has 0 aliphatic carbocycles. The van der Waals surface area contributed by atoms with Gasteiger partial charge in [0, 0.05) is 17.2 Å². The Morgan fingerprint density at radius 3 is 1.96 bits per heavy atom. The Bertz CT molecular complexity index is 357. The zero-order valence-electron chi connectivity index (χ0n) is 16.9. The van der Waals surface area contributed by atoms with Gasteiger partial charge in [-0.25, -0.2) is 0 Å². The van der Waals surface area contributed by atoms with E-state index >= 15 is 0 Å². The van der Waals surface area contributed by atoms with Crippen LogP contribution in [-0.4, -0.2) is 17.5 Å². The fourth-order valence-electron chi connectivity index (χ4n) is 3.37. The van der Waals surface area contributed by atoms with Gasteiger partial charge in [-0.3, -0.25) is 4.79 Å². The zero-order valence-corrected chi connectivity index (χ0v) is 16.9. The van der Waals surface area contributed by atoms with Crippen LogP contribution >= 0.6 is 0 Å². The van der Waals surface area contributed by atoms with Crippen LogP contribution in [0.4, 0.5) is 0 Å². The molecule has 0 bridgehead atoms. The lowest BCUT2D eigenvalue weighted by Crippen LogP contribution is -2.52. The van der Waals surface area contributed by atoms with Crippen molar-refractivity contribution >= 4 is 5.91 Å². The number of unbranched alkanes of at least 4 members (excludes halogenated alkanes) is 7. The van der Waals surface area contributed by atoms with Crippen molar-refractivity contribution in [2.75, 3.05) is 0 Å². The summed E-state index contributed by atoms with van der Waals surface area (Å²) < 4.78 is 0. The average molecular weight is 339 g/mol. The molecule has 2 unspecified atom stereocenters. The molecule has 3 nitrogen and oxygen atoms in total. The summed E-state index contributed by atoms with van der Waals surface area (Å²) in [5.74, 6) is 0.248. The van der Waals surface area contributed by atoms with Gasteiger partial charge in [-0.2, -0.15) is 0 Å². The third-order valence-electron chi connectivity index (χ3n) is 4.95. The molecule has 24 heavy (non-hydrogen) atoms. The van der Waals surface area contributed by atoms with Crippen LogP contribution in [0, 0.1) is 5.92 Å². The van der Waals surface area contributed by atoms with Crippen LogP contribution in [0.3, 0.4) is 0 Å². The minimum absolute atomic E-state index is 0.0491. The van der Waals surface area contributed by atoms with Gasteiger partial charge in [0.25, 0.3) is 0 Å². The summed E-state index contributed by atoms with van der Waals surface area (Å²) in [4.78, 5) is 12.0. The molecule has 0 aromatic rings. The molecule has 0 rings (SSSR count). The lowest BCUT2D eigenvalue weighted by molar-refractivity contribution is -0.118. The largest absolute Gasteiger partial charge is 0.349 e. The number of amides is 1. The first-order valence-corrected chi connectivity index (χ1v) is 9.99. The number of hydrogen-bond acceptors (Lipinski definition) is 2. The molecule has 3 N–H and O–H groups in total. The zero-order chi connectivity index (χ0) is 18.6. The second-order valence-corrected chi connectivity index (χ2v) is 7.96. The van der Waals surface area contributed by atoms with Gasteiger partial charge in [0.1, 0.15) is 0 Å². The van der Waals surface area contributed by atoms with E-state index in [0.717, 1.165) is 12.8 Å². The fourth-order valence-corrected chi connectivity index (χ4v) is 3.37. The van der Waals surface area contributed by atoms with Crippen molar-refractivity contribution in [3.05, 3.63) is 12.2 Å². The number of rotatable bonds is 14. The Kier molecular flexibility index (Phi) is 12.1. The molecule has 0 heterocycles. The highest BCUT2D eigenvalue weighted by Gasteiger charge is 2.32. The lowest BCUT2D eigenvalue weighted by Gasteiger charge is -2.37. The number of hydrogen-bond donors (Lipinski definition) is 2. The van der Waals surface area contributed by atoms with Crippen molar-refractivity contribution in [3.63, 3.8) is 0 Å². The topological polar surface area (TPSA) is 55.1 Å². The lowest BCUT2D eigenvalue weighted by atomic mass is 9.78. The number of carbonyl (C=O) groups is 1. The van der Waals surface area contributed by atoms with E-state index in [2.05, 4.69) is 39.6 Å². The number of nitrogens with two attached hydrogens (primary N) is 1. The summed E-state index contributed by atoms with van der Waals surface area (Å²) in [6, 6.07) is 0.124. The first-order valence-electron chi connectivity index (χ1n) is 9.99. The predicted molar refractivity (Wildman–Crippen MR) is 106 cm³/mol. The average Bonchev–Trinajstić information content (AvgIpc) is 2.50. The smallest absolute Gasteiger partial charge is 0.246 e. The monoisotopic (exact) mass is 338 g/mol. The highest BCUT2D eigenvalue weighted by Crippen LogP contribution is 2.26. The summed E-state index contributed by atoms with van der Waals surface area (Å²) in [5, 5.41) is 3.13. The van der Waals surface area contributed by atoms with Crippen molar-refractivity contribution < 1.29 is 4.79 Å². The highest BCUT2D eigenvalue weighted by atomic mass is 16.1. The van der Waals surface area contributed by atoms with Gasteiger partial charge in [0.15, 0.2) is 0 Å². The van der Waals surface area contributed by atoms with Crippen LogP contribution in [0.5, 0.6) is 0 Å². The fraction of sp³-hybridized carbons (Fsp3) is 0.857. The molecule has 3 heteroatoms. The molecule has 1 amide bonds. The summed E-state index contributed by atoms with van der Waals surface area (Å²) in [6.07, 6.45) is 12.5. The van der Waals surface area contributed by atoms with E-state index in [4.69, 9.17) is 5.73 Å². The minimum atomic E-state index is -0.288. The summed E-state index contributed by atoms with van der Waals surface area (Å²) >= 11 is 0. The molecule has 0 saturated carbocycles. The van der Waals surface area contributed by atoms with Gasteiger partial charge in [-0.1, -0.05) is 71.8 Å². The molecule has 0 spiro atoms. The van der Waals surface area contributed by atoms with Gasteiger partial charge >= 0.3 is 0 Å². The maximum Gasteiger partial charge on any atom is 0.246 e. The second-order valence-electron chi connectivity index (χ2n) is 7.96. The van der Waals surface area contributed by atoms with Crippen LogP contribution in [0.2, 0.25) is 0 Å². The first-order chi connectivity index (χ1) is 11.2. The highest BCUT2D eigenvalue weighted by molar-refractivity contribution is 5.92.